The Morgan fingerprint density at radius 1 is 0.767 bits per heavy atom. The molecule has 2 aromatic carbocycles. The van der Waals surface area contributed by atoms with E-state index in [0.29, 0.717) is 25.7 Å². The minimum absolute atomic E-state index is 0.00292. The van der Waals surface area contributed by atoms with Crippen LogP contribution in [-0.2, 0) is 38.2 Å². The molecule has 4 rings (SSSR count). The topological polar surface area (TPSA) is 259 Å². The number of benzene rings is 2. The number of carbonyl (C=O) groups excluding carboxylic acids is 7. The largest absolute Gasteiger partial charge is 0.480 e. The maximum atomic E-state index is 13.6. The fourth-order valence-corrected chi connectivity index (χ4v) is 6.81. The van der Waals surface area contributed by atoms with Gasteiger partial charge in [-0.05, 0) is 95.4 Å². The molecular formula is C42H57N7O11. The molecule has 60 heavy (non-hydrogen) atoms. The maximum absolute atomic E-state index is 13.6. The first kappa shape index (κ1) is 46.5. The Labute approximate surface area is 349 Å². The van der Waals surface area contributed by atoms with Crippen LogP contribution in [0.5, 0.6) is 0 Å². The highest BCUT2D eigenvalue weighted by Gasteiger charge is 2.33. The van der Waals surface area contributed by atoms with E-state index in [4.69, 9.17) is 9.47 Å². The van der Waals surface area contributed by atoms with Gasteiger partial charge in [-0.1, -0.05) is 48.5 Å². The summed E-state index contributed by atoms with van der Waals surface area (Å²) >= 11 is 0. The van der Waals surface area contributed by atoms with Gasteiger partial charge in [0.05, 0.1) is 6.42 Å². The molecule has 2 aliphatic rings. The summed E-state index contributed by atoms with van der Waals surface area (Å²) < 4.78 is 10.9. The van der Waals surface area contributed by atoms with Gasteiger partial charge in [-0.15, -0.1) is 0 Å². The normalized spacial score (nSPS) is 22.3. The maximum Gasteiger partial charge on any atom is 0.407 e. The lowest BCUT2D eigenvalue weighted by atomic mass is 9.98. The van der Waals surface area contributed by atoms with Crippen molar-refractivity contribution in [3.63, 3.8) is 0 Å². The lowest BCUT2D eigenvalue weighted by Gasteiger charge is -2.25. The monoisotopic (exact) mass is 835 g/mol. The summed E-state index contributed by atoms with van der Waals surface area (Å²) in [6.07, 6.45) is -0.687. The fourth-order valence-electron chi connectivity index (χ4n) is 6.81. The number of unbranched alkanes of at least 4 members (excludes halogenated alkanes) is 1. The second-order valence-electron chi connectivity index (χ2n) is 15.9. The standard InChI is InChI=1S/C42H57N7O11/c1-24-35(51)45-25(2)36(52)47-31(18-11-13-21-44-40(57)60-42(3,4)5)38(54)48-33(39(55)56)22-34(50)43-20-12-10-19-32(37(53)46-24)49-41(58)59-23-30-28-16-8-6-14-26(28)27-15-7-9-17-29(27)30/h6-9,14-17,24-25,30-33H,10-13,18-23H2,1-5H3,(H,43,50)(H,44,57)(H,45,51)(H,46,53)(H,47,52)(H,48,54)(H,49,58)(H,55,56)/t24-,25-,31-,32-,33-/m0/s1. The number of carboxylic acid groups (broad SMARTS) is 1. The molecule has 0 spiro atoms. The summed E-state index contributed by atoms with van der Waals surface area (Å²) in [6.45, 7) is 8.19. The molecule has 1 aliphatic carbocycles. The van der Waals surface area contributed by atoms with E-state index in [2.05, 4.69) is 37.2 Å². The van der Waals surface area contributed by atoms with Gasteiger partial charge in [-0.25, -0.2) is 14.4 Å². The Balaban J connectivity index is 1.42. The predicted molar refractivity (Wildman–Crippen MR) is 218 cm³/mol. The third-order valence-corrected chi connectivity index (χ3v) is 9.92. The van der Waals surface area contributed by atoms with Gasteiger partial charge in [0, 0.05) is 19.0 Å². The highest BCUT2D eigenvalue weighted by molar-refractivity contribution is 5.96. The van der Waals surface area contributed by atoms with E-state index < -0.39 is 89.9 Å². The van der Waals surface area contributed by atoms with Crippen LogP contribution in [0, 0.1) is 0 Å². The number of rotatable bonds is 9. The van der Waals surface area contributed by atoms with Crippen molar-refractivity contribution in [1.82, 2.24) is 37.2 Å². The molecule has 18 heteroatoms. The number of aliphatic carboxylic acids is 1. The number of hydrogen-bond donors (Lipinski definition) is 8. The van der Waals surface area contributed by atoms with Crippen LogP contribution in [0.3, 0.4) is 0 Å². The summed E-state index contributed by atoms with van der Waals surface area (Å²) in [5, 5.41) is 27.6. The molecule has 0 unspecified atom stereocenters. The molecule has 1 fully saturated rings. The second kappa shape index (κ2) is 21.7. The van der Waals surface area contributed by atoms with Crippen LogP contribution >= 0.6 is 0 Å². The molecule has 8 N–H and O–H groups in total. The van der Waals surface area contributed by atoms with Crippen LogP contribution in [0.2, 0.25) is 0 Å². The molecule has 0 bridgehead atoms. The first-order valence-corrected chi connectivity index (χ1v) is 20.2. The van der Waals surface area contributed by atoms with Gasteiger partial charge in [0.1, 0.15) is 42.4 Å². The minimum atomic E-state index is -1.64. The van der Waals surface area contributed by atoms with Gasteiger partial charge >= 0.3 is 18.2 Å². The molecule has 1 saturated heterocycles. The number of amides is 7. The van der Waals surface area contributed by atoms with Crippen molar-refractivity contribution in [2.75, 3.05) is 19.7 Å². The zero-order valence-electron chi connectivity index (χ0n) is 34.7. The molecule has 1 heterocycles. The Kier molecular flexibility index (Phi) is 16.8. The minimum Gasteiger partial charge on any atom is -0.480 e. The SMILES string of the molecule is C[C@@H]1NC(=O)[C@H](C)NC(=O)[C@@H](NC(=O)OCC2c3ccccc3-c3ccccc32)CCCCNC(=O)C[C@@H](C(=O)O)NC(=O)[C@H](CCCCNC(=O)OC(C)(C)C)NC1=O. The molecular weight excluding hydrogens is 778 g/mol. The number of nitrogens with one attached hydrogen (secondary N) is 7. The van der Waals surface area contributed by atoms with Crippen molar-refractivity contribution in [3.05, 3.63) is 59.7 Å². The third kappa shape index (κ3) is 14.0. The number of ether oxygens (including phenoxy) is 2. The van der Waals surface area contributed by atoms with Gasteiger partial charge in [0.25, 0.3) is 0 Å². The van der Waals surface area contributed by atoms with Gasteiger partial charge in [-0.3, -0.25) is 24.0 Å². The van der Waals surface area contributed by atoms with Crippen LogP contribution in [-0.4, -0.2) is 108 Å². The zero-order valence-corrected chi connectivity index (χ0v) is 34.7. The molecule has 326 valence electrons. The highest BCUT2D eigenvalue weighted by Crippen LogP contribution is 2.44. The average Bonchev–Trinajstić information content (AvgIpc) is 3.50. The summed E-state index contributed by atoms with van der Waals surface area (Å²) in [6, 6.07) is 9.23. The first-order valence-electron chi connectivity index (χ1n) is 20.2. The second-order valence-corrected chi connectivity index (χ2v) is 15.9. The molecule has 0 saturated carbocycles. The number of hydrogen-bond acceptors (Lipinski definition) is 10. The Bertz CT molecular complexity index is 1850. The van der Waals surface area contributed by atoms with Gasteiger partial charge < -0.3 is 51.8 Å². The summed E-state index contributed by atoms with van der Waals surface area (Å²) in [7, 11) is 0. The highest BCUT2D eigenvalue weighted by atomic mass is 16.6. The lowest BCUT2D eigenvalue weighted by molar-refractivity contribution is -0.144. The number of fused-ring (bicyclic) bond motifs is 3. The van der Waals surface area contributed by atoms with Crippen LogP contribution in [0.4, 0.5) is 9.59 Å². The van der Waals surface area contributed by atoms with Crippen molar-refractivity contribution >= 4 is 47.7 Å². The molecule has 0 radical (unpaired) electrons. The van der Waals surface area contributed by atoms with Crippen molar-refractivity contribution < 1.29 is 52.9 Å². The Morgan fingerprint density at radius 3 is 1.98 bits per heavy atom. The number of carboxylic acids is 1. The van der Waals surface area contributed by atoms with Gasteiger partial charge in [-0.2, -0.15) is 0 Å². The Morgan fingerprint density at radius 2 is 1.37 bits per heavy atom. The molecule has 0 aromatic heterocycles. The predicted octanol–water partition coefficient (Wildman–Crippen LogP) is 2.34. The van der Waals surface area contributed by atoms with E-state index in [-0.39, 0.29) is 38.5 Å². The summed E-state index contributed by atoms with van der Waals surface area (Å²) in [5.74, 6) is -5.45. The van der Waals surface area contributed by atoms with Crippen molar-refractivity contribution in [2.24, 2.45) is 0 Å². The molecule has 7 amide bonds. The average molecular weight is 836 g/mol. The van der Waals surface area contributed by atoms with Gasteiger partial charge in [0.15, 0.2) is 0 Å². The number of alkyl carbamates (subject to hydrolysis) is 2. The molecule has 1 aliphatic heterocycles. The first-order chi connectivity index (χ1) is 28.4. The van der Waals surface area contributed by atoms with E-state index >= 15 is 0 Å². The van der Waals surface area contributed by atoms with Crippen molar-refractivity contribution in [1.29, 1.82) is 0 Å². The fraction of sp³-hybridized carbons (Fsp3) is 0.524. The quantitative estimate of drug-likeness (QED) is 0.170. The Hall–Kier alpha value is -6.20. The van der Waals surface area contributed by atoms with Crippen molar-refractivity contribution in [3.8, 4) is 11.1 Å². The van der Waals surface area contributed by atoms with E-state index in [9.17, 15) is 43.5 Å². The van der Waals surface area contributed by atoms with Crippen LogP contribution in [0.1, 0.15) is 96.6 Å². The van der Waals surface area contributed by atoms with E-state index in [0.717, 1.165) is 22.3 Å². The lowest BCUT2D eigenvalue weighted by Crippen LogP contribution is -2.58. The van der Waals surface area contributed by atoms with E-state index in [1.807, 2.05) is 48.5 Å². The third-order valence-electron chi connectivity index (χ3n) is 9.92. The smallest absolute Gasteiger partial charge is 0.407 e. The van der Waals surface area contributed by atoms with Crippen LogP contribution in [0.25, 0.3) is 11.1 Å². The summed E-state index contributed by atoms with van der Waals surface area (Å²) in [5.41, 5.74) is 3.41. The zero-order chi connectivity index (χ0) is 44.0. The van der Waals surface area contributed by atoms with Crippen LogP contribution in [0.15, 0.2) is 48.5 Å². The number of carbonyl (C=O) groups is 8. The van der Waals surface area contributed by atoms with E-state index in [1.165, 1.54) is 13.8 Å². The summed E-state index contributed by atoms with van der Waals surface area (Å²) in [4.78, 5) is 104. The van der Waals surface area contributed by atoms with Gasteiger partial charge in [0.2, 0.25) is 29.5 Å². The van der Waals surface area contributed by atoms with Crippen LogP contribution < -0.4 is 37.2 Å². The molecule has 2 aromatic rings. The molecule has 5 atom stereocenters. The van der Waals surface area contributed by atoms with Crippen molar-refractivity contribution in [2.45, 2.75) is 121 Å². The van der Waals surface area contributed by atoms with E-state index in [1.54, 1.807) is 20.8 Å². The molecule has 18 nitrogen and oxygen atoms in total.